The summed E-state index contributed by atoms with van der Waals surface area (Å²) < 4.78 is 13.4. The van der Waals surface area contributed by atoms with Gasteiger partial charge < -0.3 is 5.32 Å². The largest absolute Gasteiger partial charge is 0.321 e. The lowest BCUT2D eigenvalue weighted by Crippen LogP contribution is -2.12. The van der Waals surface area contributed by atoms with E-state index in [0.29, 0.717) is 11.3 Å². The van der Waals surface area contributed by atoms with Crippen molar-refractivity contribution in [1.82, 2.24) is 0 Å². The van der Waals surface area contributed by atoms with E-state index in [9.17, 15) is 9.18 Å². The van der Waals surface area contributed by atoms with Gasteiger partial charge in [0.05, 0.1) is 20.8 Å². The Morgan fingerprint density at radius 2 is 1.70 bits per heavy atom. The van der Waals surface area contributed by atoms with Crippen LogP contribution in [0.2, 0.25) is 15.1 Å². The SMILES string of the molecule is Cc1ccc(C(=O)Nc2cc(Cl)c(Cl)cc2Cl)cc1F. The number of benzene rings is 2. The molecule has 1 N–H and O–H groups in total. The second-order valence-corrected chi connectivity index (χ2v) is 5.39. The average molecular weight is 333 g/mol. The van der Waals surface area contributed by atoms with E-state index in [1.807, 2.05) is 0 Å². The molecule has 0 aliphatic rings. The summed E-state index contributed by atoms with van der Waals surface area (Å²) in [5, 5.41) is 3.36. The van der Waals surface area contributed by atoms with Gasteiger partial charge in [-0.3, -0.25) is 4.79 Å². The lowest BCUT2D eigenvalue weighted by atomic mass is 10.1. The minimum absolute atomic E-state index is 0.190. The van der Waals surface area contributed by atoms with Crippen LogP contribution in [0.4, 0.5) is 10.1 Å². The highest BCUT2D eigenvalue weighted by molar-refractivity contribution is 6.44. The number of hydrogen-bond acceptors (Lipinski definition) is 1. The topological polar surface area (TPSA) is 29.1 Å². The maximum Gasteiger partial charge on any atom is 0.255 e. The van der Waals surface area contributed by atoms with Gasteiger partial charge in [0.15, 0.2) is 0 Å². The fourth-order valence-electron chi connectivity index (χ4n) is 1.55. The number of rotatable bonds is 2. The molecule has 104 valence electrons. The van der Waals surface area contributed by atoms with Gasteiger partial charge in [-0.05, 0) is 36.8 Å². The summed E-state index contributed by atoms with van der Waals surface area (Å²) in [7, 11) is 0. The molecule has 0 fully saturated rings. The second-order valence-electron chi connectivity index (χ2n) is 4.16. The van der Waals surface area contributed by atoms with Crippen molar-refractivity contribution < 1.29 is 9.18 Å². The highest BCUT2D eigenvalue weighted by atomic mass is 35.5. The molecule has 2 nitrogen and oxygen atoms in total. The molecule has 0 unspecified atom stereocenters. The molecule has 0 spiro atoms. The van der Waals surface area contributed by atoms with Gasteiger partial charge in [-0.2, -0.15) is 0 Å². The zero-order valence-electron chi connectivity index (χ0n) is 10.3. The molecule has 0 saturated carbocycles. The first-order valence-electron chi connectivity index (χ1n) is 5.60. The lowest BCUT2D eigenvalue weighted by Gasteiger charge is -2.09. The molecule has 0 radical (unpaired) electrons. The Hall–Kier alpha value is -1.29. The van der Waals surface area contributed by atoms with Crippen LogP contribution in [0.15, 0.2) is 30.3 Å². The Labute approximate surface area is 130 Å². The molecule has 20 heavy (non-hydrogen) atoms. The number of anilines is 1. The molecule has 0 aromatic heterocycles. The summed E-state index contributed by atoms with van der Waals surface area (Å²) >= 11 is 17.6. The van der Waals surface area contributed by atoms with Crippen molar-refractivity contribution in [2.24, 2.45) is 0 Å². The van der Waals surface area contributed by atoms with Crippen LogP contribution in [-0.2, 0) is 0 Å². The maximum absolute atomic E-state index is 13.4. The molecular weight excluding hydrogens is 324 g/mol. The molecule has 6 heteroatoms. The number of aryl methyl sites for hydroxylation is 1. The third kappa shape index (κ3) is 3.23. The summed E-state index contributed by atoms with van der Waals surface area (Å²) in [5.74, 6) is -0.929. The Morgan fingerprint density at radius 3 is 2.35 bits per heavy atom. The smallest absolute Gasteiger partial charge is 0.255 e. The molecule has 0 saturated heterocycles. The highest BCUT2D eigenvalue weighted by Gasteiger charge is 2.12. The van der Waals surface area contributed by atoms with Crippen LogP contribution in [0, 0.1) is 12.7 Å². The summed E-state index contributed by atoms with van der Waals surface area (Å²) in [5.41, 5.74) is 0.969. The first kappa shape index (κ1) is 15.1. The van der Waals surface area contributed by atoms with Crippen molar-refractivity contribution in [3.8, 4) is 0 Å². The van der Waals surface area contributed by atoms with E-state index in [1.54, 1.807) is 6.92 Å². The number of carbonyl (C=O) groups excluding carboxylic acids is 1. The average Bonchev–Trinajstić information content (AvgIpc) is 2.39. The molecule has 0 bridgehead atoms. The first-order chi connectivity index (χ1) is 9.38. The van der Waals surface area contributed by atoms with Gasteiger partial charge in [0.1, 0.15) is 5.82 Å². The lowest BCUT2D eigenvalue weighted by molar-refractivity contribution is 0.102. The maximum atomic E-state index is 13.4. The number of amides is 1. The summed E-state index contributed by atoms with van der Waals surface area (Å²) in [6.45, 7) is 1.62. The predicted molar refractivity (Wildman–Crippen MR) is 80.6 cm³/mol. The zero-order chi connectivity index (χ0) is 14.9. The minimum Gasteiger partial charge on any atom is -0.321 e. The van der Waals surface area contributed by atoms with Crippen LogP contribution >= 0.6 is 34.8 Å². The summed E-state index contributed by atoms with van der Waals surface area (Å²) in [6.07, 6.45) is 0. The van der Waals surface area contributed by atoms with E-state index >= 15 is 0 Å². The van der Waals surface area contributed by atoms with E-state index in [0.717, 1.165) is 6.07 Å². The van der Waals surface area contributed by atoms with Crippen molar-refractivity contribution in [2.75, 3.05) is 5.32 Å². The Kier molecular flexibility index (Phi) is 4.53. The molecule has 0 heterocycles. The Bertz CT molecular complexity index is 688. The van der Waals surface area contributed by atoms with Gasteiger partial charge in [-0.1, -0.05) is 40.9 Å². The van der Waals surface area contributed by atoms with Gasteiger partial charge in [0.2, 0.25) is 0 Å². The van der Waals surface area contributed by atoms with Crippen LogP contribution in [0.25, 0.3) is 0 Å². The van der Waals surface area contributed by atoms with E-state index in [2.05, 4.69) is 5.32 Å². The Balaban J connectivity index is 2.27. The van der Waals surface area contributed by atoms with Crippen LogP contribution in [-0.4, -0.2) is 5.91 Å². The summed E-state index contributed by atoms with van der Waals surface area (Å²) in [6, 6.07) is 7.08. The van der Waals surface area contributed by atoms with Crippen molar-refractivity contribution >= 4 is 46.4 Å². The van der Waals surface area contributed by atoms with E-state index in [-0.39, 0.29) is 20.6 Å². The second kappa shape index (κ2) is 6.00. The molecule has 2 aromatic rings. The summed E-state index contributed by atoms with van der Waals surface area (Å²) in [4.78, 5) is 12.0. The third-order valence-electron chi connectivity index (χ3n) is 2.69. The predicted octanol–water partition coefficient (Wildman–Crippen LogP) is 5.35. The van der Waals surface area contributed by atoms with Crippen LogP contribution in [0.5, 0.6) is 0 Å². The van der Waals surface area contributed by atoms with Gasteiger partial charge in [0, 0.05) is 5.56 Å². The molecular formula is C14H9Cl3FNO. The van der Waals surface area contributed by atoms with E-state index < -0.39 is 11.7 Å². The first-order valence-corrected chi connectivity index (χ1v) is 6.74. The highest BCUT2D eigenvalue weighted by Crippen LogP contribution is 2.32. The molecule has 2 aromatic carbocycles. The molecule has 0 aliphatic carbocycles. The number of nitrogens with one attached hydrogen (secondary N) is 1. The normalized spacial score (nSPS) is 10.4. The van der Waals surface area contributed by atoms with Crippen molar-refractivity contribution in [3.05, 3.63) is 62.3 Å². The van der Waals surface area contributed by atoms with E-state index in [1.165, 1.54) is 24.3 Å². The standard InChI is InChI=1S/C14H9Cl3FNO/c1-7-2-3-8(4-12(7)18)14(20)19-13-6-10(16)9(15)5-11(13)17/h2-6H,1H3,(H,19,20). The van der Waals surface area contributed by atoms with Crippen LogP contribution < -0.4 is 5.32 Å². The molecule has 0 aliphatic heterocycles. The minimum atomic E-state index is -0.482. The van der Waals surface area contributed by atoms with Gasteiger partial charge in [0.25, 0.3) is 5.91 Å². The van der Waals surface area contributed by atoms with E-state index in [4.69, 9.17) is 34.8 Å². The number of hydrogen-bond donors (Lipinski definition) is 1. The molecule has 2 rings (SSSR count). The molecule has 0 atom stereocenters. The fraction of sp³-hybridized carbons (Fsp3) is 0.0714. The zero-order valence-corrected chi connectivity index (χ0v) is 12.6. The van der Waals surface area contributed by atoms with Crippen molar-refractivity contribution in [3.63, 3.8) is 0 Å². The fourth-order valence-corrected chi connectivity index (χ4v) is 2.14. The number of halogens is 4. The van der Waals surface area contributed by atoms with Gasteiger partial charge >= 0.3 is 0 Å². The third-order valence-corrected chi connectivity index (χ3v) is 3.73. The van der Waals surface area contributed by atoms with Crippen LogP contribution in [0.3, 0.4) is 0 Å². The van der Waals surface area contributed by atoms with Crippen molar-refractivity contribution in [1.29, 1.82) is 0 Å². The Morgan fingerprint density at radius 1 is 1.05 bits per heavy atom. The quantitative estimate of drug-likeness (QED) is 0.738. The van der Waals surface area contributed by atoms with Crippen LogP contribution in [0.1, 0.15) is 15.9 Å². The van der Waals surface area contributed by atoms with Gasteiger partial charge in [-0.15, -0.1) is 0 Å². The monoisotopic (exact) mass is 331 g/mol. The molecule has 1 amide bonds. The van der Waals surface area contributed by atoms with Crippen molar-refractivity contribution in [2.45, 2.75) is 6.92 Å². The van der Waals surface area contributed by atoms with Gasteiger partial charge in [-0.25, -0.2) is 4.39 Å². The number of carbonyl (C=O) groups is 1.